The van der Waals surface area contributed by atoms with Crippen LogP contribution >= 0.6 is 11.6 Å². The van der Waals surface area contributed by atoms with Gasteiger partial charge in [-0.15, -0.1) is 0 Å². The predicted molar refractivity (Wildman–Crippen MR) is 80.7 cm³/mol. The number of hydrogen-bond donors (Lipinski definition) is 0. The first-order chi connectivity index (χ1) is 10.4. The lowest BCUT2D eigenvalue weighted by Gasteiger charge is -2.04. The van der Waals surface area contributed by atoms with Gasteiger partial charge in [0.2, 0.25) is 0 Å². The van der Waals surface area contributed by atoms with Gasteiger partial charge < -0.3 is 0 Å². The highest BCUT2D eigenvalue weighted by Crippen LogP contribution is 2.53. The van der Waals surface area contributed by atoms with Gasteiger partial charge in [-0.1, -0.05) is 23.7 Å². The monoisotopic (exact) mass is 335 g/mol. The van der Waals surface area contributed by atoms with Crippen LogP contribution in [0.15, 0.2) is 53.4 Å². The Morgan fingerprint density at radius 3 is 2.41 bits per heavy atom. The SMILES string of the molecule is N#C[C@@H]1[C@H](c2cccc(F)c2)[C@@H]1S(=O)(=O)c1ccc(Cl)cc1. The molecule has 6 heteroatoms. The van der Waals surface area contributed by atoms with E-state index < -0.39 is 32.7 Å². The molecule has 0 bridgehead atoms. The molecule has 0 saturated heterocycles. The molecule has 1 saturated carbocycles. The molecule has 0 aliphatic heterocycles. The Kier molecular flexibility index (Phi) is 3.67. The van der Waals surface area contributed by atoms with E-state index in [-0.39, 0.29) is 4.90 Å². The first-order valence-corrected chi connectivity index (χ1v) is 8.52. The van der Waals surface area contributed by atoms with E-state index in [9.17, 15) is 18.1 Å². The molecule has 3 atom stereocenters. The quantitative estimate of drug-likeness (QED) is 0.861. The number of rotatable bonds is 3. The van der Waals surface area contributed by atoms with Crippen LogP contribution in [0.25, 0.3) is 0 Å². The molecular formula is C16H11ClFNO2S. The highest BCUT2D eigenvalue weighted by molar-refractivity contribution is 7.92. The van der Waals surface area contributed by atoms with Gasteiger partial charge >= 0.3 is 0 Å². The van der Waals surface area contributed by atoms with Crippen molar-refractivity contribution in [2.24, 2.45) is 5.92 Å². The molecule has 0 N–H and O–H groups in total. The minimum atomic E-state index is -3.66. The van der Waals surface area contributed by atoms with Crippen LogP contribution in [0.2, 0.25) is 5.02 Å². The molecule has 1 aliphatic carbocycles. The smallest absolute Gasteiger partial charge is 0.183 e. The molecule has 3 nitrogen and oxygen atoms in total. The molecule has 1 fully saturated rings. The van der Waals surface area contributed by atoms with Gasteiger partial charge in [0, 0.05) is 10.9 Å². The fourth-order valence-corrected chi connectivity index (χ4v) is 4.91. The van der Waals surface area contributed by atoms with Crippen LogP contribution in [0.1, 0.15) is 11.5 Å². The molecule has 22 heavy (non-hydrogen) atoms. The Hall–Kier alpha value is -1.90. The van der Waals surface area contributed by atoms with Crippen LogP contribution in [0.4, 0.5) is 4.39 Å². The van der Waals surface area contributed by atoms with E-state index in [4.69, 9.17) is 11.6 Å². The van der Waals surface area contributed by atoms with E-state index in [0.29, 0.717) is 10.6 Å². The molecule has 0 aromatic heterocycles. The summed E-state index contributed by atoms with van der Waals surface area (Å²) in [6.07, 6.45) is 0. The summed E-state index contributed by atoms with van der Waals surface area (Å²) in [4.78, 5) is 0.126. The summed E-state index contributed by atoms with van der Waals surface area (Å²) in [5.74, 6) is -1.60. The van der Waals surface area contributed by atoms with Gasteiger partial charge in [0.05, 0.1) is 22.1 Å². The second-order valence-electron chi connectivity index (χ2n) is 5.20. The van der Waals surface area contributed by atoms with Crippen LogP contribution < -0.4 is 0 Å². The molecule has 2 aromatic rings. The zero-order valence-corrected chi connectivity index (χ0v) is 12.9. The van der Waals surface area contributed by atoms with Crippen LogP contribution in [0.3, 0.4) is 0 Å². The molecule has 3 rings (SSSR count). The lowest BCUT2D eigenvalue weighted by molar-refractivity contribution is 0.593. The molecule has 0 heterocycles. The molecule has 2 aromatic carbocycles. The second kappa shape index (κ2) is 5.38. The van der Waals surface area contributed by atoms with Crippen LogP contribution in [-0.4, -0.2) is 13.7 Å². The van der Waals surface area contributed by atoms with E-state index in [2.05, 4.69) is 0 Å². The lowest BCUT2D eigenvalue weighted by Crippen LogP contribution is -2.10. The number of nitrogens with zero attached hydrogens (tertiary/aromatic N) is 1. The van der Waals surface area contributed by atoms with Gasteiger partial charge in [-0.05, 0) is 42.0 Å². The summed E-state index contributed by atoms with van der Waals surface area (Å²) in [6, 6.07) is 13.6. The number of nitriles is 1. The third kappa shape index (κ3) is 2.49. The Labute approximate surface area is 132 Å². The van der Waals surface area contributed by atoms with E-state index in [1.54, 1.807) is 6.07 Å². The summed E-state index contributed by atoms with van der Waals surface area (Å²) in [6.45, 7) is 0. The second-order valence-corrected chi connectivity index (χ2v) is 7.74. The van der Waals surface area contributed by atoms with Gasteiger partial charge in [0.1, 0.15) is 5.82 Å². The highest BCUT2D eigenvalue weighted by atomic mass is 35.5. The van der Waals surface area contributed by atoms with Crippen LogP contribution in [0.5, 0.6) is 0 Å². The van der Waals surface area contributed by atoms with Crippen molar-refractivity contribution in [2.75, 3.05) is 0 Å². The van der Waals surface area contributed by atoms with E-state index in [1.165, 1.54) is 42.5 Å². The largest absolute Gasteiger partial charge is 0.223 e. The first-order valence-electron chi connectivity index (χ1n) is 6.59. The number of halogens is 2. The minimum Gasteiger partial charge on any atom is -0.223 e. The van der Waals surface area contributed by atoms with E-state index >= 15 is 0 Å². The van der Waals surface area contributed by atoms with Crippen molar-refractivity contribution >= 4 is 21.4 Å². The molecule has 112 valence electrons. The fraction of sp³-hybridized carbons (Fsp3) is 0.188. The van der Waals surface area contributed by atoms with Crippen molar-refractivity contribution < 1.29 is 12.8 Å². The Bertz CT molecular complexity index is 858. The lowest BCUT2D eigenvalue weighted by atomic mass is 10.1. The molecule has 0 amide bonds. The molecule has 0 spiro atoms. The van der Waals surface area contributed by atoms with Crippen LogP contribution in [0, 0.1) is 23.1 Å². The summed E-state index contributed by atoms with van der Waals surface area (Å²) >= 11 is 5.77. The maximum atomic E-state index is 13.3. The average molecular weight is 336 g/mol. The Morgan fingerprint density at radius 1 is 1.14 bits per heavy atom. The molecule has 1 aliphatic rings. The summed E-state index contributed by atoms with van der Waals surface area (Å²) in [5.41, 5.74) is 0.536. The van der Waals surface area contributed by atoms with Crippen LogP contribution in [-0.2, 0) is 9.84 Å². The van der Waals surface area contributed by atoms with Crippen molar-refractivity contribution in [3.8, 4) is 6.07 Å². The number of benzene rings is 2. The summed E-state index contributed by atoms with van der Waals surface area (Å²) < 4.78 is 38.6. The number of sulfone groups is 1. The van der Waals surface area contributed by atoms with Gasteiger partial charge in [-0.2, -0.15) is 5.26 Å². The molecule has 0 radical (unpaired) electrons. The van der Waals surface area contributed by atoms with Gasteiger partial charge in [0.15, 0.2) is 9.84 Å². The topological polar surface area (TPSA) is 57.9 Å². The normalized spacial score (nSPS) is 23.8. The summed E-state index contributed by atoms with van der Waals surface area (Å²) in [7, 11) is -3.66. The maximum Gasteiger partial charge on any atom is 0.183 e. The maximum absolute atomic E-state index is 13.3. The standard InChI is InChI=1S/C16H11ClFNO2S/c17-11-4-6-13(7-5-11)22(20,21)16-14(9-19)15(16)10-2-1-3-12(18)8-10/h1-8,14-16H/t14-,15+,16-/m1/s1. The van der Waals surface area contributed by atoms with Crippen molar-refractivity contribution in [2.45, 2.75) is 16.1 Å². The van der Waals surface area contributed by atoms with Crippen molar-refractivity contribution in [1.82, 2.24) is 0 Å². The van der Waals surface area contributed by atoms with Crippen molar-refractivity contribution in [3.63, 3.8) is 0 Å². The Morgan fingerprint density at radius 2 is 1.82 bits per heavy atom. The first kappa shape index (κ1) is 15.0. The average Bonchev–Trinajstić information content (AvgIpc) is 3.23. The third-order valence-electron chi connectivity index (χ3n) is 3.84. The zero-order chi connectivity index (χ0) is 15.9. The molecular weight excluding hydrogens is 325 g/mol. The predicted octanol–water partition coefficient (Wildman–Crippen LogP) is 3.56. The Balaban J connectivity index is 1.98. The third-order valence-corrected chi connectivity index (χ3v) is 6.32. The van der Waals surface area contributed by atoms with Crippen molar-refractivity contribution in [3.05, 3.63) is 64.9 Å². The van der Waals surface area contributed by atoms with Gasteiger partial charge in [-0.3, -0.25) is 0 Å². The minimum absolute atomic E-state index is 0.126. The van der Waals surface area contributed by atoms with E-state index in [0.717, 1.165) is 0 Å². The van der Waals surface area contributed by atoms with Gasteiger partial charge in [-0.25, -0.2) is 12.8 Å². The number of hydrogen-bond acceptors (Lipinski definition) is 3. The highest BCUT2D eigenvalue weighted by Gasteiger charge is 2.59. The summed E-state index contributed by atoms with van der Waals surface area (Å²) in [5, 5.41) is 8.79. The fourth-order valence-electron chi connectivity index (χ4n) is 2.72. The zero-order valence-electron chi connectivity index (χ0n) is 11.3. The van der Waals surface area contributed by atoms with E-state index in [1.807, 2.05) is 6.07 Å². The van der Waals surface area contributed by atoms with Crippen molar-refractivity contribution in [1.29, 1.82) is 5.26 Å². The molecule has 0 unspecified atom stereocenters. The van der Waals surface area contributed by atoms with Gasteiger partial charge in [0.25, 0.3) is 0 Å².